The van der Waals surface area contributed by atoms with E-state index in [0.29, 0.717) is 11.3 Å². The van der Waals surface area contributed by atoms with Crippen LogP contribution in [0.4, 0.5) is 0 Å². The van der Waals surface area contributed by atoms with Crippen molar-refractivity contribution in [3.63, 3.8) is 0 Å². The predicted octanol–water partition coefficient (Wildman–Crippen LogP) is 4.38. The third kappa shape index (κ3) is 4.77. The normalized spacial score (nSPS) is 18.0. The second-order valence-electron chi connectivity index (χ2n) is 9.34. The minimum Gasteiger partial charge on any atom is -0.339 e. The SMILES string of the molecule is BC1(Cc2cnc3c(c2)CCC3)CCN(C(=O)c2cccnc2C(/C=C\C)=C/C=C)CC1. The molecule has 0 spiro atoms. The molecule has 0 atom stereocenters. The van der Waals surface area contributed by atoms with Gasteiger partial charge < -0.3 is 4.90 Å². The molecule has 2 aliphatic rings. The Hall–Kier alpha value is -2.95. The summed E-state index contributed by atoms with van der Waals surface area (Å²) in [4.78, 5) is 24.6. The molecule has 2 aromatic heterocycles. The minimum atomic E-state index is 0.0637. The third-order valence-electron chi connectivity index (χ3n) is 6.82. The zero-order valence-electron chi connectivity index (χ0n) is 19.3. The molecule has 0 bridgehead atoms. The Balaban J connectivity index is 1.46. The number of aromatic nitrogens is 2. The van der Waals surface area contributed by atoms with Crippen molar-refractivity contribution < 1.29 is 4.79 Å². The third-order valence-corrected chi connectivity index (χ3v) is 6.82. The quantitative estimate of drug-likeness (QED) is 0.510. The van der Waals surface area contributed by atoms with Crippen molar-refractivity contribution in [2.45, 2.75) is 50.8 Å². The summed E-state index contributed by atoms with van der Waals surface area (Å²) in [6, 6.07) is 6.09. The average Bonchev–Trinajstić information content (AvgIpc) is 3.27. The van der Waals surface area contributed by atoms with Gasteiger partial charge in [0.15, 0.2) is 0 Å². The molecule has 0 N–H and O–H groups in total. The molecule has 1 aliphatic heterocycles. The van der Waals surface area contributed by atoms with E-state index in [9.17, 15) is 4.79 Å². The van der Waals surface area contributed by atoms with Gasteiger partial charge in [-0.3, -0.25) is 14.8 Å². The molecule has 1 aliphatic carbocycles. The van der Waals surface area contributed by atoms with Crippen LogP contribution in [-0.4, -0.2) is 41.7 Å². The maximum atomic E-state index is 13.4. The van der Waals surface area contributed by atoms with Crippen molar-refractivity contribution in [3.05, 3.63) is 89.6 Å². The highest BCUT2D eigenvalue weighted by molar-refractivity contribution is 6.15. The van der Waals surface area contributed by atoms with Gasteiger partial charge in [-0.05, 0) is 68.7 Å². The largest absolute Gasteiger partial charge is 0.339 e. The van der Waals surface area contributed by atoms with E-state index in [1.54, 1.807) is 12.3 Å². The maximum Gasteiger partial charge on any atom is 0.256 e. The standard InChI is InChI=1S/C27H32BN3O/c1-3-7-21(8-4-2)25-23(10-6-14-29-25)26(32)31-15-12-27(28,13-16-31)18-20-17-22-9-5-11-24(22)30-19-20/h3-4,6-8,10,14,17,19H,1,5,9,11-13,15-16,18,28H2,2H3/b8-4-,21-7+. The highest BCUT2D eigenvalue weighted by atomic mass is 16.2. The van der Waals surface area contributed by atoms with Gasteiger partial charge in [-0.15, -0.1) is 0 Å². The van der Waals surface area contributed by atoms with Crippen molar-refractivity contribution >= 4 is 19.3 Å². The molecular formula is C27H32BN3O. The number of carbonyl (C=O) groups is 1. The first-order chi connectivity index (χ1) is 15.5. The van der Waals surface area contributed by atoms with E-state index < -0.39 is 0 Å². The van der Waals surface area contributed by atoms with E-state index in [0.717, 1.165) is 50.8 Å². The Morgan fingerprint density at radius 2 is 2.09 bits per heavy atom. The molecule has 4 rings (SSSR count). The molecule has 32 heavy (non-hydrogen) atoms. The Bertz CT molecular complexity index is 1060. The number of amides is 1. The van der Waals surface area contributed by atoms with Gasteiger partial charge in [-0.2, -0.15) is 0 Å². The van der Waals surface area contributed by atoms with Gasteiger partial charge in [0.05, 0.1) is 11.3 Å². The molecule has 164 valence electrons. The fourth-order valence-corrected chi connectivity index (χ4v) is 4.99. The molecule has 0 saturated carbocycles. The van der Waals surface area contributed by atoms with Crippen LogP contribution in [0.1, 0.15) is 59.1 Å². The van der Waals surface area contributed by atoms with Crippen LogP contribution in [0.15, 0.2) is 61.5 Å². The first-order valence-electron chi connectivity index (χ1n) is 11.7. The number of hydrogen-bond acceptors (Lipinski definition) is 3. The lowest BCUT2D eigenvalue weighted by Crippen LogP contribution is -2.41. The highest BCUT2D eigenvalue weighted by Gasteiger charge is 2.33. The van der Waals surface area contributed by atoms with E-state index >= 15 is 0 Å². The predicted molar refractivity (Wildman–Crippen MR) is 134 cm³/mol. The monoisotopic (exact) mass is 425 g/mol. The summed E-state index contributed by atoms with van der Waals surface area (Å²) >= 11 is 0. The average molecular weight is 425 g/mol. The van der Waals surface area contributed by atoms with E-state index in [-0.39, 0.29) is 11.2 Å². The number of aryl methyl sites for hydroxylation is 2. The van der Waals surface area contributed by atoms with Gasteiger partial charge in [0, 0.05) is 36.8 Å². The highest BCUT2D eigenvalue weighted by Crippen LogP contribution is 2.39. The Labute approximate surface area is 192 Å². The van der Waals surface area contributed by atoms with Gasteiger partial charge >= 0.3 is 0 Å². The molecule has 0 unspecified atom stereocenters. The lowest BCUT2D eigenvalue weighted by atomic mass is 9.59. The van der Waals surface area contributed by atoms with Gasteiger partial charge in [-0.25, -0.2) is 0 Å². The van der Waals surface area contributed by atoms with Crippen molar-refractivity contribution in [1.29, 1.82) is 0 Å². The fourth-order valence-electron chi connectivity index (χ4n) is 4.99. The summed E-state index contributed by atoms with van der Waals surface area (Å²) in [6.07, 6.45) is 17.9. The number of hydrogen-bond donors (Lipinski definition) is 0. The zero-order chi connectivity index (χ0) is 22.6. The molecule has 0 aromatic carbocycles. The van der Waals surface area contributed by atoms with Crippen LogP contribution in [0, 0.1) is 0 Å². The molecule has 4 nitrogen and oxygen atoms in total. The Morgan fingerprint density at radius 1 is 1.28 bits per heavy atom. The summed E-state index contributed by atoms with van der Waals surface area (Å²) < 4.78 is 0. The first-order valence-corrected chi connectivity index (χ1v) is 11.7. The summed E-state index contributed by atoms with van der Waals surface area (Å²) in [5, 5.41) is 0.196. The zero-order valence-corrected chi connectivity index (χ0v) is 19.3. The number of likely N-dealkylation sites (tertiary alicyclic amines) is 1. The van der Waals surface area contributed by atoms with Crippen molar-refractivity contribution in [3.8, 4) is 0 Å². The molecule has 1 saturated heterocycles. The summed E-state index contributed by atoms with van der Waals surface area (Å²) in [6.45, 7) is 7.31. The summed E-state index contributed by atoms with van der Waals surface area (Å²) in [5.41, 5.74) is 6.34. The van der Waals surface area contributed by atoms with Gasteiger partial charge in [0.1, 0.15) is 7.85 Å². The molecule has 1 amide bonds. The first kappa shape index (κ1) is 22.3. The molecule has 5 heteroatoms. The van der Waals surface area contributed by atoms with E-state index in [1.165, 1.54) is 23.2 Å². The van der Waals surface area contributed by atoms with E-state index in [4.69, 9.17) is 4.98 Å². The van der Waals surface area contributed by atoms with Crippen LogP contribution >= 0.6 is 0 Å². The maximum absolute atomic E-state index is 13.4. The van der Waals surface area contributed by atoms with Crippen LogP contribution in [0.2, 0.25) is 5.31 Å². The fraction of sp³-hybridized carbons (Fsp3) is 0.370. The molecule has 3 heterocycles. The number of carbonyl (C=O) groups excluding carboxylic acids is 1. The van der Waals surface area contributed by atoms with Gasteiger partial charge in [0.25, 0.3) is 5.91 Å². The lowest BCUT2D eigenvalue weighted by molar-refractivity contribution is 0.0698. The van der Waals surface area contributed by atoms with Crippen LogP contribution in [0.25, 0.3) is 5.57 Å². The van der Waals surface area contributed by atoms with E-state index in [1.807, 2.05) is 42.2 Å². The number of nitrogens with zero attached hydrogens (tertiary/aromatic N) is 3. The molecule has 1 fully saturated rings. The Morgan fingerprint density at radius 3 is 2.84 bits per heavy atom. The summed E-state index contributed by atoms with van der Waals surface area (Å²) in [5.74, 6) is 0.0637. The van der Waals surface area contributed by atoms with Crippen molar-refractivity contribution in [2.24, 2.45) is 0 Å². The van der Waals surface area contributed by atoms with Gasteiger partial charge in [0.2, 0.25) is 0 Å². The number of pyridine rings is 2. The van der Waals surface area contributed by atoms with Crippen LogP contribution in [-0.2, 0) is 19.3 Å². The Kier molecular flexibility index (Phi) is 6.73. The topological polar surface area (TPSA) is 46.1 Å². The second kappa shape index (κ2) is 9.68. The van der Waals surface area contributed by atoms with Gasteiger partial charge in [-0.1, -0.05) is 42.3 Å². The smallest absolute Gasteiger partial charge is 0.256 e. The number of rotatable bonds is 6. The van der Waals surface area contributed by atoms with Crippen molar-refractivity contribution in [1.82, 2.24) is 14.9 Å². The second-order valence-corrected chi connectivity index (χ2v) is 9.34. The molecular weight excluding hydrogens is 393 g/mol. The number of piperidine rings is 1. The van der Waals surface area contributed by atoms with Crippen LogP contribution < -0.4 is 0 Å². The summed E-state index contributed by atoms with van der Waals surface area (Å²) in [7, 11) is 2.36. The number of allylic oxidation sites excluding steroid dienone is 5. The lowest BCUT2D eigenvalue weighted by Gasteiger charge is -2.40. The minimum absolute atomic E-state index is 0.0637. The number of fused-ring (bicyclic) bond motifs is 1. The molecule has 2 aromatic rings. The van der Waals surface area contributed by atoms with Crippen LogP contribution in [0.5, 0.6) is 0 Å². The van der Waals surface area contributed by atoms with E-state index in [2.05, 4.69) is 31.7 Å². The van der Waals surface area contributed by atoms with Crippen molar-refractivity contribution in [2.75, 3.05) is 13.1 Å². The molecule has 0 radical (unpaired) electrons. The van der Waals surface area contributed by atoms with Crippen LogP contribution in [0.3, 0.4) is 0 Å².